The Hall–Kier alpha value is -1.65. The van der Waals surface area contributed by atoms with Crippen LogP contribution in [0.1, 0.15) is 21.5 Å². The van der Waals surface area contributed by atoms with E-state index in [1.807, 2.05) is 35.0 Å². The Morgan fingerprint density at radius 1 is 1.24 bits per heavy atom. The highest BCUT2D eigenvalue weighted by Gasteiger charge is 2.13. The Bertz CT molecular complexity index is 549. The molecule has 2 N–H and O–H groups in total. The lowest BCUT2D eigenvalue weighted by atomic mass is 10.1. The summed E-state index contributed by atoms with van der Waals surface area (Å²) in [4.78, 5) is 12.0. The van der Waals surface area contributed by atoms with Crippen molar-refractivity contribution in [1.29, 1.82) is 0 Å². The number of anilines is 1. The Balaban J connectivity index is 1.82. The third-order valence-electron chi connectivity index (χ3n) is 2.88. The van der Waals surface area contributed by atoms with Crippen molar-refractivity contribution < 1.29 is 4.79 Å². The maximum absolute atomic E-state index is 12.0. The van der Waals surface area contributed by atoms with Crippen molar-refractivity contribution in [2.24, 2.45) is 0 Å². The molecule has 2 aromatic rings. The quantitative estimate of drug-likeness (QED) is 0.852. The van der Waals surface area contributed by atoms with Gasteiger partial charge in [0.1, 0.15) is 0 Å². The minimum atomic E-state index is -0.0434. The second kappa shape index (κ2) is 4.31. The molecule has 1 aliphatic heterocycles. The van der Waals surface area contributed by atoms with Gasteiger partial charge in [0.2, 0.25) is 0 Å². The summed E-state index contributed by atoms with van der Waals surface area (Å²) in [6, 6.07) is 7.78. The van der Waals surface area contributed by atoms with Crippen LogP contribution in [-0.4, -0.2) is 5.91 Å². The molecule has 0 unspecified atom stereocenters. The van der Waals surface area contributed by atoms with E-state index in [0.29, 0.717) is 0 Å². The summed E-state index contributed by atoms with van der Waals surface area (Å²) in [5.74, 6) is -0.0434. The van der Waals surface area contributed by atoms with Gasteiger partial charge in [-0.2, -0.15) is 11.3 Å². The summed E-state index contributed by atoms with van der Waals surface area (Å²) in [5, 5.41) is 10.0. The lowest BCUT2D eigenvalue weighted by Crippen LogP contribution is -2.11. The van der Waals surface area contributed by atoms with Gasteiger partial charge in [-0.25, -0.2) is 0 Å². The van der Waals surface area contributed by atoms with Crippen LogP contribution in [0.25, 0.3) is 0 Å². The van der Waals surface area contributed by atoms with Gasteiger partial charge in [-0.05, 0) is 34.7 Å². The first-order chi connectivity index (χ1) is 8.33. The van der Waals surface area contributed by atoms with E-state index in [9.17, 15) is 4.79 Å². The number of hydrogen-bond acceptors (Lipinski definition) is 3. The van der Waals surface area contributed by atoms with Crippen LogP contribution in [0.3, 0.4) is 0 Å². The summed E-state index contributed by atoms with van der Waals surface area (Å²) in [5.41, 5.74) is 4.09. The van der Waals surface area contributed by atoms with Gasteiger partial charge in [0.15, 0.2) is 0 Å². The summed E-state index contributed by atoms with van der Waals surface area (Å²) >= 11 is 1.57. The molecule has 0 saturated carbocycles. The molecule has 0 bridgehead atoms. The van der Waals surface area contributed by atoms with E-state index in [4.69, 9.17) is 0 Å². The van der Waals surface area contributed by atoms with Crippen molar-refractivity contribution >= 4 is 22.9 Å². The van der Waals surface area contributed by atoms with Gasteiger partial charge in [0.25, 0.3) is 5.91 Å². The highest BCUT2D eigenvalue weighted by molar-refractivity contribution is 7.08. The zero-order valence-electron chi connectivity index (χ0n) is 9.19. The second-order valence-electron chi connectivity index (χ2n) is 4.05. The molecule has 0 spiro atoms. The number of benzene rings is 1. The van der Waals surface area contributed by atoms with Gasteiger partial charge in [-0.3, -0.25) is 4.79 Å². The Morgan fingerprint density at radius 2 is 2.12 bits per heavy atom. The number of nitrogens with one attached hydrogen (secondary N) is 2. The number of carbonyl (C=O) groups is 1. The molecule has 0 aliphatic carbocycles. The van der Waals surface area contributed by atoms with Crippen molar-refractivity contribution in [3.8, 4) is 0 Å². The van der Waals surface area contributed by atoms with Crippen molar-refractivity contribution in [2.45, 2.75) is 13.1 Å². The lowest BCUT2D eigenvalue weighted by Gasteiger charge is -2.04. The zero-order valence-corrected chi connectivity index (χ0v) is 10.0. The first-order valence-electron chi connectivity index (χ1n) is 5.49. The molecule has 0 saturated heterocycles. The highest BCUT2D eigenvalue weighted by atomic mass is 32.1. The van der Waals surface area contributed by atoms with Gasteiger partial charge in [0.05, 0.1) is 5.69 Å². The molecule has 17 heavy (non-hydrogen) atoms. The fourth-order valence-electron chi connectivity index (χ4n) is 1.97. The first kappa shape index (κ1) is 10.5. The number of hydrogen-bond donors (Lipinski definition) is 2. The van der Waals surface area contributed by atoms with Crippen LogP contribution in [0.4, 0.5) is 5.69 Å². The van der Waals surface area contributed by atoms with E-state index < -0.39 is 0 Å². The Kier molecular flexibility index (Phi) is 2.66. The molecule has 3 nitrogen and oxygen atoms in total. The SMILES string of the molecule is O=C(Nc1ccsc1)c1ccc2c(c1)CNC2. The number of amides is 1. The molecular weight excluding hydrogens is 232 g/mol. The molecule has 0 radical (unpaired) electrons. The largest absolute Gasteiger partial charge is 0.321 e. The number of carbonyl (C=O) groups excluding carboxylic acids is 1. The average molecular weight is 244 g/mol. The summed E-state index contributed by atoms with van der Waals surface area (Å²) in [7, 11) is 0. The third-order valence-corrected chi connectivity index (χ3v) is 3.56. The molecule has 2 heterocycles. The fourth-order valence-corrected chi connectivity index (χ4v) is 2.56. The average Bonchev–Trinajstić information content (AvgIpc) is 2.97. The van der Waals surface area contributed by atoms with E-state index in [2.05, 4.69) is 10.6 Å². The first-order valence-corrected chi connectivity index (χ1v) is 6.43. The Morgan fingerprint density at radius 3 is 2.94 bits per heavy atom. The number of thiophene rings is 1. The predicted molar refractivity (Wildman–Crippen MR) is 69.3 cm³/mol. The molecular formula is C13H12N2OS. The van der Waals surface area contributed by atoms with Gasteiger partial charge in [-0.1, -0.05) is 6.07 Å². The van der Waals surface area contributed by atoms with Gasteiger partial charge < -0.3 is 10.6 Å². The van der Waals surface area contributed by atoms with Gasteiger partial charge in [0, 0.05) is 24.0 Å². The standard InChI is InChI=1S/C13H12N2OS/c16-13(15-12-3-4-17-8-12)9-1-2-10-6-14-7-11(10)5-9/h1-5,8,14H,6-7H2,(H,15,16). The van der Waals surface area contributed by atoms with Crippen molar-refractivity contribution in [2.75, 3.05) is 5.32 Å². The highest BCUT2D eigenvalue weighted by Crippen LogP contribution is 2.18. The molecule has 0 fully saturated rings. The second-order valence-corrected chi connectivity index (χ2v) is 4.83. The predicted octanol–water partition coefficient (Wildman–Crippen LogP) is 2.60. The number of fused-ring (bicyclic) bond motifs is 1. The van der Waals surface area contributed by atoms with Crippen LogP contribution < -0.4 is 10.6 Å². The van der Waals surface area contributed by atoms with Gasteiger partial charge in [-0.15, -0.1) is 0 Å². The van der Waals surface area contributed by atoms with Crippen LogP contribution in [-0.2, 0) is 13.1 Å². The molecule has 1 aromatic carbocycles. The summed E-state index contributed by atoms with van der Waals surface area (Å²) in [6.07, 6.45) is 0. The fraction of sp³-hybridized carbons (Fsp3) is 0.154. The molecule has 4 heteroatoms. The van der Waals surface area contributed by atoms with Crippen molar-refractivity contribution in [3.05, 3.63) is 51.7 Å². The molecule has 1 aromatic heterocycles. The van der Waals surface area contributed by atoms with Crippen molar-refractivity contribution in [1.82, 2.24) is 5.32 Å². The smallest absolute Gasteiger partial charge is 0.255 e. The Labute approximate surface area is 103 Å². The maximum atomic E-state index is 12.0. The summed E-state index contributed by atoms with van der Waals surface area (Å²) in [6.45, 7) is 1.76. The zero-order chi connectivity index (χ0) is 11.7. The van der Waals surface area contributed by atoms with E-state index in [1.165, 1.54) is 11.1 Å². The third kappa shape index (κ3) is 2.09. The van der Waals surface area contributed by atoms with Crippen LogP contribution in [0.2, 0.25) is 0 Å². The maximum Gasteiger partial charge on any atom is 0.255 e. The number of rotatable bonds is 2. The minimum absolute atomic E-state index is 0.0434. The molecule has 1 amide bonds. The topological polar surface area (TPSA) is 41.1 Å². The molecule has 86 valence electrons. The molecule has 1 aliphatic rings. The lowest BCUT2D eigenvalue weighted by molar-refractivity contribution is 0.102. The van der Waals surface area contributed by atoms with E-state index in [0.717, 1.165) is 24.3 Å². The minimum Gasteiger partial charge on any atom is -0.321 e. The van der Waals surface area contributed by atoms with Crippen LogP contribution in [0, 0.1) is 0 Å². The van der Waals surface area contributed by atoms with Gasteiger partial charge >= 0.3 is 0 Å². The van der Waals surface area contributed by atoms with E-state index >= 15 is 0 Å². The normalized spacial score (nSPS) is 13.4. The van der Waals surface area contributed by atoms with Crippen LogP contribution >= 0.6 is 11.3 Å². The monoisotopic (exact) mass is 244 g/mol. The summed E-state index contributed by atoms with van der Waals surface area (Å²) < 4.78 is 0. The van der Waals surface area contributed by atoms with Crippen LogP contribution in [0.15, 0.2) is 35.0 Å². The van der Waals surface area contributed by atoms with Crippen molar-refractivity contribution in [3.63, 3.8) is 0 Å². The molecule has 3 rings (SSSR count). The van der Waals surface area contributed by atoms with Crippen LogP contribution in [0.5, 0.6) is 0 Å². The van der Waals surface area contributed by atoms with E-state index in [-0.39, 0.29) is 5.91 Å². The molecule has 0 atom stereocenters. The van der Waals surface area contributed by atoms with E-state index in [1.54, 1.807) is 11.3 Å².